The number of ketones is 1. The highest BCUT2D eigenvalue weighted by Gasteiger charge is 2.28. The number of allylic oxidation sites excluding steroid dienone is 1. The number of hydrogen-bond acceptors (Lipinski definition) is 4. The minimum Gasteiger partial charge on any atom is -0.381 e. The number of rotatable bonds is 4. The molecule has 114 valence electrons. The average molecular weight is 302 g/mol. The molecule has 21 heavy (non-hydrogen) atoms. The van der Waals surface area contributed by atoms with Crippen molar-refractivity contribution in [3.63, 3.8) is 0 Å². The van der Waals surface area contributed by atoms with Gasteiger partial charge in [-0.05, 0) is 26.8 Å². The molecule has 0 saturated carbocycles. The fourth-order valence-electron chi connectivity index (χ4n) is 1.32. The standard InChI is InChI=1S/C13H13F3N2O3/c1-13(2,3)17-6-11(18(20)21)12(19)7-4-9(15)10(16)5-8(7)14/h4-6,17H,1-3H3/b11-6-. The summed E-state index contributed by atoms with van der Waals surface area (Å²) in [6, 6.07) is 0.457. The van der Waals surface area contributed by atoms with E-state index in [2.05, 4.69) is 5.32 Å². The quantitative estimate of drug-likeness (QED) is 0.305. The van der Waals surface area contributed by atoms with Crippen LogP contribution in [0.15, 0.2) is 24.0 Å². The van der Waals surface area contributed by atoms with E-state index >= 15 is 0 Å². The van der Waals surface area contributed by atoms with Gasteiger partial charge in [0, 0.05) is 11.6 Å². The summed E-state index contributed by atoms with van der Waals surface area (Å²) in [7, 11) is 0. The van der Waals surface area contributed by atoms with Crippen molar-refractivity contribution >= 4 is 5.78 Å². The molecular formula is C13H13F3N2O3. The van der Waals surface area contributed by atoms with Crippen LogP contribution >= 0.6 is 0 Å². The Bertz CT molecular complexity index is 622. The van der Waals surface area contributed by atoms with Gasteiger partial charge in [0.25, 0.3) is 5.78 Å². The van der Waals surface area contributed by atoms with Crippen LogP contribution in [0.2, 0.25) is 0 Å². The molecule has 0 aliphatic heterocycles. The van der Waals surface area contributed by atoms with E-state index in [4.69, 9.17) is 0 Å². The van der Waals surface area contributed by atoms with Crippen LogP contribution in [0.25, 0.3) is 0 Å². The van der Waals surface area contributed by atoms with Crippen molar-refractivity contribution in [2.75, 3.05) is 0 Å². The van der Waals surface area contributed by atoms with E-state index < -0.39 is 45.0 Å². The number of nitrogens with one attached hydrogen (secondary N) is 1. The van der Waals surface area contributed by atoms with Gasteiger partial charge >= 0.3 is 5.70 Å². The zero-order valence-corrected chi connectivity index (χ0v) is 11.5. The molecule has 0 saturated heterocycles. The van der Waals surface area contributed by atoms with Crippen LogP contribution in [0, 0.1) is 27.6 Å². The Balaban J connectivity index is 3.25. The molecule has 5 nitrogen and oxygen atoms in total. The Hall–Kier alpha value is -2.38. The summed E-state index contributed by atoms with van der Waals surface area (Å²) < 4.78 is 39.3. The van der Waals surface area contributed by atoms with Crippen LogP contribution in [0.1, 0.15) is 31.1 Å². The van der Waals surface area contributed by atoms with Crippen LogP contribution in [0.3, 0.4) is 0 Å². The molecule has 0 aromatic heterocycles. The van der Waals surface area contributed by atoms with Crippen molar-refractivity contribution in [3.05, 3.63) is 57.2 Å². The number of Topliss-reactive ketones (excluding diaryl/α,β-unsaturated/α-hetero) is 1. The van der Waals surface area contributed by atoms with Crippen molar-refractivity contribution < 1.29 is 22.9 Å². The molecule has 1 rings (SSSR count). The summed E-state index contributed by atoms with van der Waals surface area (Å²) in [6.07, 6.45) is 0.809. The molecular weight excluding hydrogens is 289 g/mol. The molecule has 0 amide bonds. The smallest absolute Gasteiger partial charge is 0.332 e. The van der Waals surface area contributed by atoms with Crippen LogP contribution in [-0.4, -0.2) is 16.2 Å². The van der Waals surface area contributed by atoms with Crippen LogP contribution in [-0.2, 0) is 0 Å². The molecule has 0 aliphatic carbocycles. The molecule has 0 aliphatic rings. The summed E-state index contributed by atoms with van der Waals surface area (Å²) in [6.45, 7) is 5.05. The summed E-state index contributed by atoms with van der Waals surface area (Å²) >= 11 is 0. The van der Waals surface area contributed by atoms with Crippen LogP contribution in [0.5, 0.6) is 0 Å². The summed E-state index contributed by atoms with van der Waals surface area (Å²) in [4.78, 5) is 21.8. The Kier molecular flexibility index (Phi) is 4.72. The molecule has 0 spiro atoms. The first-order chi connectivity index (χ1) is 9.53. The van der Waals surface area contributed by atoms with Gasteiger partial charge in [-0.3, -0.25) is 14.9 Å². The van der Waals surface area contributed by atoms with Gasteiger partial charge < -0.3 is 5.32 Å². The van der Waals surface area contributed by atoms with E-state index in [9.17, 15) is 28.1 Å². The van der Waals surface area contributed by atoms with Crippen molar-refractivity contribution in [2.45, 2.75) is 26.3 Å². The molecule has 0 unspecified atom stereocenters. The molecule has 1 aromatic carbocycles. The lowest BCUT2D eigenvalue weighted by Gasteiger charge is -2.18. The van der Waals surface area contributed by atoms with Crippen molar-refractivity contribution in [1.29, 1.82) is 0 Å². The first-order valence-corrected chi connectivity index (χ1v) is 5.84. The zero-order chi connectivity index (χ0) is 16.4. The third kappa shape index (κ3) is 4.30. The second-order valence-electron chi connectivity index (χ2n) is 5.26. The van der Waals surface area contributed by atoms with Crippen LogP contribution in [0.4, 0.5) is 13.2 Å². The first-order valence-electron chi connectivity index (χ1n) is 5.84. The van der Waals surface area contributed by atoms with Gasteiger partial charge in [0.05, 0.1) is 16.7 Å². The molecule has 0 atom stereocenters. The van der Waals surface area contributed by atoms with E-state index in [1.165, 1.54) is 0 Å². The minimum atomic E-state index is -1.48. The molecule has 8 heteroatoms. The maximum atomic E-state index is 13.5. The zero-order valence-electron chi connectivity index (χ0n) is 11.5. The number of hydrogen-bond donors (Lipinski definition) is 1. The average Bonchev–Trinajstić information content (AvgIpc) is 2.31. The highest BCUT2D eigenvalue weighted by molar-refractivity contribution is 6.07. The Labute approximate surface area is 118 Å². The lowest BCUT2D eigenvalue weighted by molar-refractivity contribution is -0.417. The van der Waals surface area contributed by atoms with Gasteiger partial charge in [-0.2, -0.15) is 0 Å². The van der Waals surface area contributed by atoms with Gasteiger partial charge in [-0.25, -0.2) is 13.2 Å². The molecule has 0 fully saturated rings. The second-order valence-corrected chi connectivity index (χ2v) is 5.26. The number of benzene rings is 1. The molecule has 0 radical (unpaired) electrons. The summed E-state index contributed by atoms with van der Waals surface area (Å²) in [5, 5.41) is 13.5. The topological polar surface area (TPSA) is 72.2 Å². The molecule has 1 aromatic rings. The van der Waals surface area contributed by atoms with Gasteiger partial charge in [-0.1, -0.05) is 0 Å². The Morgan fingerprint density at radius 1 is 1.19 bits per heavy atom. The first kappa shape index (κ1) is 16.7. The number of carbonyl (C=O) groups excluding carboxylic acids is 1. The van der Waals surface area contributed by atoms with E-state index in [0.717, 1.165) is 6.20 Å². The number of carbonyl (C=O) groups is 1. The predicted octanol–water partition coefficient (Wildman–Crippen LogP) is 2.79. The molecule has 0 heterocycles. The fraction of sp³-hybridized carbons (Fsp3) is 0.308. The van der Waals surface area contributed by atoms with Gasteiger partial charge in [-0.15, -0.1) is 0 Å². The lowest BCUT2D eigenvalue weighted by atomic mass is 10.1. The molecule has 0 bridgehead atoms. The van der Waals surface area contributed by atoms with Crippen molar-refractivity contribution in [1.82, 2.24) is 5.32 Å². The highest BCUT2D eigenvalue weighted by atomic mass is 19.2. The number of nitro groups is 1. The van der Waals surface area contributed by atoms with Crippen LogP contribution < -0.4 is 5.32 Å². The van der Waals surface area contributed by atoms with E-state index in [-0.39, 0.29) is 6.07 Å². The highest BCUT2D eigenvalue weighted by Crippen LogP contribution is 2.17. The number of halogens is 3. The van der Waals surface area contributed by atoms with Gasteiger partial charge in [0.2, 0.25) is 0 Å². The van der Waals surface area contributed by atoms with E-state index in [1.54, 1.807) is 20.8 Å². The minimum absolute atomic E-state index is 0.164. The third-order valence-electron chi connectivity index (χ3n) is 2.33. The monoisotopic (exact) mass is 302 g/mol. The van der Waals surface area contributed by atoms with E-state index in [1.807, 2.05) is 0 Å². The maximum Gasteiger partial charge on any atom is 0.332 e. The van der Waals surface area contributed by atoms with Crippen molar-refractivity contribution in [3.8, 4) is 0 Å². The summed E-state index contributed by atoms with van der Waals surface area (Å²) in [5.74, 6) is -5.68. The normalized spacial score (nSPS) is 12.2. The largest absolute Gasteiger partial charge is 0.381 e. The SMILES string of the molecule is CC(C)(C)N/C=C(/C(=O)c1cc(F)c(F)cc1F)[N+](=O)[O-]. The van der Waals surface area contributed by atoms with Gasteiger partial charge in [0.1, 0.15) is 5.82 Å². The Morgan fingerprint density at radius 2 is 1.71 bits per heavy atom. The number of nitrogens with zero attached hydrogens (tertiary/aromatic N) is 1. The van der Waals surface area contributed by atoms with Gasteiger partial charge in [0.15, 0.2) is 11.6 Å². The fourth-order valence-corrected chi connectivity index (χ4v) is 1.32. The maximum absolute atomic E-state index is 13.5. The lowest BCUT2D eigenvalue weighted by Crippen LogP contribution is -2.32. The summed E-state index contributed by atoms with van der Waals surface area (Å²) in [5.41, 5.74) is -2.46. The predicted molar refractivity (Wildman–Crippen MR) is 68.6 cm³/mol. The third-order valence-corrected chi connectivity index (χ3v) is 2.33. The Morgan fingerprint density at radius 3 is 2.19 bits per heavy atom. The van der Waals surface area contributed by atoms with E-state index in [0.29, 0.717) is 6.07 Å². The second kappa shape index (κ2) is 5.94. The molecule has 1 N–H and O–H groups in total. The van der Waals surface area contributed by atoms with Crippen molar-refractivity contribution in [2.24, 2.45) is 0 Å².